The number of ether oxygens (including phenoxy) is 1. The average Bonchev–Trinajstić information content (AvgIpc) is 3.13. The van der Waals surface area contributed by atoms with Crippen molar-refractivity contribution in [2.75, 3.05) is 6.61 Å². The number of para-hydroxylation sites is 1. The van der Waals surface area contributed by atoms with Crippen molar-refractivity contribution in [2.45, 2.75) is 18.8 Å². The molecule has 0 aliphatic carbocycles. The van der Waals surface area contributed by atoms with E-state index in [9.17, 15) is 0 Å². The van der Waals surface area contributed by atoms with E-state index in [-0.39, 0.29) is 6.04 Å². The third kappa shape index (κ3) is 1.70. The first-order valence-electron chi connectivity index (χ1n) is 6.88. The molecule has 1 atom stereocenters. The summed E-state index contributed by atoms with van der Waals surface area (Å²) >= 11 is 6.12. The molecule has 5 nitrogen and oxygen atoms in total. The molecule has 21 heavy (non-hydrogen) atoms. The van der Waals surface area contributed by atoms with E-state index in [1.165, 1.54) is 5.56 Å². The van der Waals surface area contributed by atoms with Crippen LogP contribution >= 0.6 is 11.6 Å². The highest BCUT2D eigenvalue weighted by Gasteiger charge is 2.30. The lowest BCUT2D eigenvalue weighted by Gasteiger charge is -2.15. The summed E-state index contributed by atoms with van der Waals surface area (Å²) in [6.07, 6.45) is 0. The summed E-state index contributed by atoms with van der Waals surface area (Å²) in [6.45, 7) is 2.57. The number of benzene rings is 1. The molecule has 0 bridgehead atoms. The summed E-state index contributed by atoms with van der Waals surface area (Å²) < 4.78 is 9.84. The molecule has 3 heterocycles. The lowest BCUT2D eigenvalue weighted by molar-refractivity contribution is 0.316. The number of aryl methyl sites for hydroxylation is 2. The predicted molar refractivity (Wildman–Crippen MR) is 80.9 cm³/mol. The Kier molecular flexibility index (Phi) is 2.72. The Balaban J connectivity index is 1.99. The molecule has 1 aromatic carbocycles. The molecule has 1 aliphatic heterocycles. The van der Waals surface area contributed by atoms with Crippen LogP contribution in [0.5, 0.6) is 5.75 Å². The molecule has 108 valence electrons. The van der Waals surface area contributed by atoms with Gasteiger partial charge in [0.2, 0.25) is 0 Å². The highest BCUT2D eigenvalue weighted by Crippen LogP contribution is 2.37. The smallest absolute Gasteiger partial charge is 0.159 e. The summed E-state index contributed by atoms with van der Waals surface area (Å²) in [5.74, 6) is 2.16. The van der Waals surface area contributed by atoms with E-state index in [1.807, 2.05) is 36.9 Å². The van der Waals surface area contributed by atoms with Crippen LogP contribution in [0.1, 0.15) is 23.1 Å². The van der Waals surface area contributed by atoms with Crippen LogP contribution in [0.25, 0.3) is 11.2 Å². The van der Waals surface area contributed by atoms with E-state index in [0.717, 1.165) is 28.4 Å². The van der Waals surface area contributed by atoms with Crippen molar-refractivity contribution < 1.29 is 4.74 Å². The molecule has 0 saturated carbocycles. The van der Waals surface area contributed by atoms with Crippen molar-refractivity contribution in [1.29, 1.82) is 0 Å². The first-order valence-corrected chi connectivity index (χ1v) is 7.42. The van der Waals surface area contributed by atoms with Crippen molar-refractivity contribution in [1.82, 2.24) is 19.3 Å². The van der Waals surface area contributed by atoms with Crippen LogP contribution in [0.3, 0.4) is 0 Å². The fraction of sp³-hybridized carbons (Fsp3) is 0.333. The van der Waals surface area contributed by atoms with Gasteiger partial charge in [0.1, 0.15) is 23.7 Å². The predicted octanol–water partition coefficient (Wildman–Crippen LogP) is 2.80. The fourth-order valence-corrected chi connectivity index (χ4v) is 3.31. The quantitative estimate of drug-likeness (QED) is 0.684. The molecule has 0 saturated heterocycles. The summed E-state index contributed by atoms with van der Waals surface area (Å²) in [6, 6.07) is 8.21. The van der Waals surface area contributed by atoms with Crippen molar-refractivity contribution in [3.8, 4) is 5.75 Å². The monoisotopic (exact) mass is 302 g/mol. The van der Waals surface area contributed by atoms with E-state index in [2.05, 4.69) is 20.7 Å². The first-order chi connectivity index (χ1) is 10.2. The number of rotatable bonds is 2. The number of aromatic nitrogens is 4. The molecular formula is C15H15ClN4O. The molecule has 0 amide bonds. The standard InChI is InChI=1S/C15H15ClN4O/c1-9-14-15(19(2)18-9)20(13(7-16)17-14)11-8-21-12-6-4-3-5-10(11)12/h3-6,11H,7-8H2,1-2H3. The van der Waals surface area contributed by atoms with Gasteiger partial charge in [-0.2, -0.15) is 5.10 Å². The SMILES string of the molecule is Cc1nn(C)c2c1nc(CCl)n2C1COc2ccccc21. The van der Waals surface area contributed by atoms with Crippen LogP contribution in [0, 0.1) is 6.92 Å². The zero-order chi connectivity index (χ0) is 14.6. The summed E-state index contributed by atoms with van der Waals surface area (Å²) in [7, 11) is 1.94. The molecule has 3 aromatic rings. The third-order valence-electron chi connectivity index (χ3n) is 4.01. The second kappa shape index (κ2) is 4.49. The first kappa shape index (κ1) is 12.7. The number of halogens is 1. The number of imidazole rings is 1. The summed E-state index contributed by atoms with van der Waals surface area (Å²) in [4.78, 5) is 4.66. The molecule has 0 fully saturated rings. The van der Waals surface area contributed by atoms with Gasteiger partial charge in [-0.25, -0.2) is 4.98 Å². The van der Waals surface area contributed by atoms with Crippen molar-refractivity contribution >= 4 is 22.8 Å². The van der Waals surface area contributed by atoms with Crippen molar-refractivity contribution in [2.24, 2.45) is 7.05 Å². The minimum absolute atomic E-state index is 0.0924. The van der Waals surface area contributed by atoms with Gasteiger partial charge in [0.25, 0.3) is 0 Å². The topological polar surface area (TPSA) is 44.9 Å². The average molecular weight is 303 g/mol. The van der Waals surface area contributed by atoms with Gasteiger partial charge in [-0.05, 0) is 13.0 Å². The Morgan fingerprint density at radius 2 is 2.19 bits per heavy atom. The van der Waals surface area contributed by atoms with E-state index >= 15 is 0 Å². The van der Waals surface area contributed by atoms with Gasteiger partial charge in [0, 0.05) is 12.6 Å². The Morgan fingerprint density at radius 3 is 3.00 bits per heavy atom. The van der Waals surface area contributed by atoms with Crippen molar-refractivity contribution in [3.05, 3.63) is 41.3 Å². The molecular weight excluding hydrogens is 288 g/mol. The molecule has 0 N–H and O–H groups in total. The maximum atomic E-state index is 6.12. The maximum absolute atomic E-state index is 6.12. The van der Waals surface area contributed by atoms with Crippen LogP contribution in [0.2, 0.25) is 0 Å². The number of alkyl halides is 1. The zero-order valence-electron chi connectivity index (χ0n) is 11.9. The van der Waals surface area contributed by atoms with E-state index < -0.39 is 0 Å². The van der Waals surface area contributed by atoms with Gasteiger partial charge >= 0.3 is 0 Å². The van der Waals surface area contributed by atoms with Gasteiger partial charge in [-0.1, -0.05) is 18.2 Å². The molecule has 1 unspecified atom stereocenters. The second-order valence-electron chi connectivity index (χ2n) is 5.28. The lowest BCUT2D eigenvalue weighted by Crippen LogP contribution is -2.16. The molecule has 0 spiro atoms. The Hall–Kier alpha value is -2.01. The van der Waals surface area contributed by atoms with Crippen LogP contribution in [-0.2, 0) is 12.9 Å². The maximum Gasteiger partial charge on any atom is 0.159 e. The van der Waals surface area contributed by atoms with Crippen LogP contribution in [0.4, 0.5) is 0 Å². The van der Waals surface area contributed by atoms with Crippen LogP contribution < -0.4 is 4.74 Å². The second-order valence-corrected chi connectivity index (χ2v) is 5.54. The largest absolute Gasteiger partial charge is 0.491 e. The van der Waals surface area contributed by atoms with Gasteiger partial charge in [0.15, 0.2) is 5.65 Å². The van der Waals surface area contributed by atoms with Gasteiger partial charge in [0.05, 0.1) is 17.6 Å². The summed E-state index contributed by atoms with van der Waals surface area (Å²) in [5.41, 5.74) is 4.00. The zero-order valence-corrected chi connectivity index (χ0v) is 12.6. The molecule has 2 aromatic heterocycles. The van der Waals surface area contributed by atoms with Gasteiger partial charge in [-0.15, -0.1) is 11.6 Å². The molecule has 6 heteroatoms. The van der Waals surface area contributed by atoms with Gasteiger partial charge in [-0.3, -0.25) is 4.68 Å². The van der Waals surface area contributed by atoms with Gasteiger partial charge < -0.3 is 9.30 Å². The Labute approximate surface area is 127 Å². The third-order valence-corrected chi connectivity index (χ3v) is 4.25. The number of hydrogen-bond acceptors (Lipinski definition) is 3. The van der Waals surface area contributed by atoms with Crippen LogP contribution in [-0.4, -0.2) is 25.9 Å². The Morgan fingerprint density at radius 1 is 1.38 bits per heavy atom. The fourth-order valence-electron chi connectivity index (χ4n) is 3.12. The highest BCUT2D eigenvalue weighted by atomic mass is 35.5. The lowest BCUT2D eigenvalue weighted by atomic mass is 10.1. The molecule has 0 radical (unpaired) electrons. The Bertz CT molecular complexity index is 836. The van der Waals surface area contributed by atoms with Crippen LogP contribution in [0.15, 0.2) is 24.3 Å². The number of nitrogens with zero attached hydrogens (tertiary/aromatic N) is 4. The summed E-state index contributed by atoms with van der Waals surface area (Å²) in [5, 5.41) is 4.46. The highest BCUT2D eigenvalue weighted by molar-refractivity contribution is 6.16. The normalized spacial score (nSPS) is 17.2. The number of fused-ring (bicyclic) bond motifs is 2. The van der Waals surface area contributed by atoms with E-state index in [0.29, 0.717) is 12.5 Å². The minimum atomic E-state index is 0.0924. The van der Waals surface area contributed by atoms with E-state index in [4.69, 9.17) is 16.3 Å². The number of hydrogen-bond donors (Lipinski definition) is 0. The minimum Gasteiger partial charge on any atom is -0.491 e. The van der Waals surface area contributed by atoms with E-state index in [1.54, 1.807) is 0 Å². The molecule has 1 aliphatic rings. The molecule has 4 rings (SSSR count). The van der Waals surface area contributed by atoms with Crippen molar-refractivity contribution in [3.63, 3.8) is 0 Å².